The van der Waals surface area contributed by atoms with E-state index >= 15 is 0 Å². The molecule has 0 bridgehead atoms. The van der Waals surface area contributed by atoms with Crippen LogP contribution in [0.3, 0.4) is 0 Å². The number of aryl methyl sites for hydroxylation is 1. The Bertz CT molecular complexity index is 351. The third kappa shape index (κ3) is 3.58. The lowest BCUT2D eigenvalue weighted by molar-refractivity contribution is 0.586. The fraction of sp³-hybridized carbons (Fsp3) is 0.455. The van der Waals surface area contributed by atoms with Crippen molar-refractivity contribution in [2.45, 2.75) is 33.2 Å². The molecule has 76 valence electrons. The SMILES string of the molecule is Cc1cc(Br)ncc1C=NC(C)(C)C. The third-order valence-corrected chi connectivity index (χ3v) is 2.14. The van der Waals surface area contributed by atoms with Gasteiger partial charge in [0.2, 0.25) is 0 Å². The van der Waals surface area contributed by atoms with E-state index in [1.54, 1.807) is 0 Å². The minimum Gasteiger partial charge on any atom is -0.287 e. The highest BCUT2D eigenvalue weighted by atomic mass is 79.9. The second-order valence-corrected chi connectivity index (χ2v) is 5.11. The molecule has 0 aliphatic rings. The van der Waals surface area contributed by atoms with E-state index in [1.807, 2.05) is 18.5 Å². The Kier molecular flexibility index (Phi) is 3.43. The number of aromatic nitrogens is 1. The van der Waals surface area contributed by atoms with Gasteiger partial charge in [0.25, 0.3) is 0 Å². The van der Waals surface area contributed by atoms with Gasteiger partial charge in [-0.1, -0.05) is 0 Å². The first-order chi connectivity index (χ1) is 6.38. The van der Waals surface area contributed by atoms with Gasteiger partial charge in [-0.15, -0.1) is 0 Å². The van der Waals surface area contributed by atoms with Gasteiger partial charge in [-0.3, -0.25) is 4.99 Å². The van der Waals surface area contributed by atoms with Crippen molar-refractivity contribution in [2.75, 3.05) is 0 Å². The summed E-state index contributed by atoms with van der Waals surface area (Å²) in [6.45, 7) is 8.28. The molecule has 0 saturated carbocycles. The van der Waals surface area contributed by atoms with Crippen molar-refractivity contribution in [3.63, 3.8) is 0 Å². The molecule has 1 aromatic heterocycles. The van der Waals surface area contributed by atoms with E-state index in [9.17, 15) is 0 Å². The van der Waals surface area contributed by atoms with Crippen LogP contribution >= 0.6 is 15.9 Å². The average molecular weight is 255 g/mol. The normalized spacial score (nSPS) is 12.4. The molecule has 0 unspecified atom stereocenters. The molecule has 0 radical (unpaired) electrons. The zero-order valence-electron chi connectivity index (χ0n) is 9.00. The maximum atomic E-state index is 4.44. The Morgan fingerprint density at radius 2 is 2.07 bits per heavy atom. The Labute approximate surface area is 93.6 Å². The van der Waals surface area contributed by atoms with Crippen LogP contribution in [0.1, 0.15) is 31.9 Å². The van der Waals surface area contributed by atoms with E-state index in [0.29, 0.717) is 0 Å². The van der Waals surface area contributed by atoms with Crippen LogP contribution in [0.4, 0.5) is 0 Å². The quantitative estimate of drug-likeness (QED) is 0.558. The molecule has 3 heteroatoms. The number of hydrogen-bond donors (Lipinski definition) is 0. The van der Waals surface area contributed by atoms with Gasteiger partial charge >= 0.3 is 0 Å². The van der Waals surface area contributed by atoms with Gasteiger partial charge in [-0.05, 0) is 55.3 Å². The predicted octanol–water partition coefficient (Wildman–Crippen LogP) is 3.37. The molecule has 0 aliphatic heterocycles. The first-order valence-corrected chi connectivity index (χ1v) is 5.35. The summed E-state index contributed by atoms with van der Waals surface area (Å²) in [6, 6.07) is 1.99. The summed E-state index contributed by atoms with van der Waals surface area (Å²) >= 11 is 3.33. The Morgan fingerprint density at radius 3 is 2.57 bits per heavy atom. The van der Waals surface area contributed by atoms with Gasteiger partial charge in [0.05, 0.1) is 5.54 Å². The van der Waals surface area contributed by atoms with Gasteiger partial charge in [0.15, 0.2) is 0 Å². The molecule has 0 fully saturated rings. The zero-order chi connectivity index (χ0) is 10.8. The van der Waals surface area contributed by atoms with E-state index in [0.717, 1.165) is 10.2 Å². The van der Waals surface area contributed by atoms with Crippen molar-refractivity contribution >= 4 is 22.1 Å². The lowest BCUT2D eigenvalue weighted by atomic mass is 10.1. The highest BCUT2D eigenvalue weighted by Gasteiger charge is 2.05. The molecule has 0 amide bonds. The molecule has 1 aromatic rings. The molecule has 0 spiro atoms. The number of hydrogen-bond acceptors (Lipinski definition) is 2. The molecule has 14 heavy (non-hydrogen) atoms. The van der Waals surface area contributed by atoms with E-state index in [2.05, 4.69) is 53.6 Å². The highest BCUT2D eigenvalue weighted by molar-refractivity contribution is 9.10. The average Bonchev–Trinajstić information content (AvgIpc) is 2.00. The number of aliphatic imine (C=N–C) groups is 1. The summed E-state index contributed by atoms with van der Waals surface area (Å²) in [6.07, 6.45) is 3.71. The van der Waals surface area contributed by atoms with Crippen molar-refractivity contribution in [1.82, 2.24) is 4.98 Å². The van der Waals surface area contributed by atoms with Crippen LogP contribution in [0.15, 0.2) is 21.9 Å². The van der Waals surface area contributed by atoms with Crippen LogP contribution in [-0.4, -0.2) is 16.7 Å². The summed E-state index contributed by atoms with van der Waals surface area (Å²) in [5.74, 6) is 0. The molecule has 1 heterocycles. The standard InChI is InChI=1S/C11H15BrN2/c1-8-5-10(12)13-6-9(8)7-14-11(2,3)4/h5-7H,1-4H3. The number of nitrogens with zero attached hydrogens (tertiary/aromatic N) is 2. The van der Waals surface area contributed by atoms with Gasteiger partial charge < -0.3 is 0 Å². The van der Waals surface area contributed by atoms with Crippen LogP contribution in [0, 0.1) is 6.92 Å². The minimum absolute atomic E-state index is 0.0283. The Morgan fingerprint density at radius 1 is 1.43 bits per heavy atom. The summed E-state index contributed by atoms with van der Waals surface area (Å²) < 4.78 is 0.864. The van der Waals surface area contributed by atoms with Crippen LogP contribution in [-0.2, 0) is 0 Å². The highest BCUT2D eigenvalue weighted by Crippen LogP contribution is 2.12. The van der Waals surface area contributed by atoms with Crippen molar-refractivity contribution in [1.29, 1.82) is 0 Å². The van der Waals surface area contributed by atoms with Gasteiger partial charge in [0, 0.05) is 18.0 Å². The topological polar surface area (TPSA) is 25.2 Å². The molecule has 0 aliphatic carbocycles. The van der Waals surface area contributed by atoms with Crippen molar-refractivity contribution in [3.05, 3.63) is 28.0 Å². The van der Waals surface area contributed by atoms with E-state index in [-0.39, 0.29) is 5.54 Å². The molecular formula is C11H15BrN2. The molecule has 0 N–H and O–H groups in total. The van der Waals surface area contributed by atoms with Gasteiger partial charge in [-0.25, -0.2) is 4.98 Å². The van der Waals surface area contributed by atoms with Crippen LogP contribution in [0.5, 0.6) is 0 Å². The number of pyridine rings is 1. The molecule has 2 nitrogen and oxygen atoms in total. The van der Waals surface area contributed by atoms with Crippen molar-refractivity contribution in [2.24, 2.45) is 4.99 Å². The minimum atomic E-state index is -0.0283. The molecule has 0 atom stereocenters. The second-order valence-electron chi connectivity index (χ2n) is 4.29. The molecule has 0 saturated heterocycles. The van der Waals surface area contributed by atoms with Gasteiger partial charge in [-0.2, -0.15) is 0 Å². The predicted molar refractivity (Wildman–Crippen MR) is 64.0 cm³/mol. The van der Waals surface area contributed by atoms with Crippen molar-refractivity contribution < 1.29 is 0 Å². The summed E-state index contributed by atoms with van der Waals surface area (Å²) in [4.78, 5) is 8.60. The number of rotatable bonds is 1. The summed E-state index contributed by atoms with van der Waals surface area (Å²) in [5.41, 5.74) is 2.22. The first kappa shape index (κ1) is 11.4. The smallest absolute Gasteiger partial charge is 0.106 e. The largest absolute Gasteiger partial charge is 0.287 e. The van der Waals surface area contributed by atoms with E-state index in [4.69, 9.17) is 0 Å². The van der Waals surface area contributed by atoms with Crippen LogP contribution in [0.2, 0.25) is 0 Å². The third-order valence-electron chi connectivity index (χ3n) is 1.71. The fourth-order valence-corrected chi connectivity index (χ4v) is 1.38. The van der Waals surface area contributed by atoms with E-state index < -0.39 is 0 Å². The monoisotopic (exact) mass is 254 g/mol. The maximum absolute atomic E-state index is 4.44. The maximum Gasteiger partial charge on any atom is 0.106 e. The zero-order valence-corrected chi connectivity index (χ0v) is 10.6. The van der Waals surface area contributed by atoms with Crippen LogP contribution < -0.4 is 0 Å². The summed E-state index contributed by atoms with van der Waals surface area (Å²) in [7, 11) is 0. The molecular weight excluding hydrogens is 240 g/mol. The lowest BCUT2D eigenvalue weighted by Crippen LogP contribution is -2.09. The Balaban J connectivity index is 2.93. The fourth-order valence-electron chi connectivity index (χ4n) is 0.931. The van der Waals surface area contributed by atoms with Crippen LogP contribution in [0.25, 0.3) is 0 Å². The van der Waals surface area contributed by atoms with E-state index in [1.165, 1.54) is 5.56 Å². The molecule has 0 aromatic carbocycles. The number of halogens is 1. The Hall–Kier alpha value is -0.700. The first-order valence-electron chi connectivity index (χ1n) is 4.56. The van der Waals surface area contributed by atoms with Gasteiger partial charge in [0.1, 0.15) is 4.60 Å². The van der Waals surface area contributed by atoms with Crippen molar-refractivity contribution in [3.8, 4) is 0 Å². The summed E-state index contributed by atoms with van der Waals surface area (Å²) in [5, 5.41) is 0. The lowest BCUT2D eigenvalue weighted by Gasteiger charge is -2.11. The second kappa shape index (κ2) is 4.22. The molecule has 1 rings (SSSR count).